The molecule has 0 spiro atoms. The summed E-state index contributed by atoms with van der Waals surface area (Å²) in [7, 11) is 0. The van der Waals surface area contributed by atoms with Crippen LogP contribution in [0.2, 0.25) is 0 Å². The first-order valence-electron chi connectivity index (χ1n) is 8.92. The van der Waals surface area contributed by atoms with Gasteiger partial charge < -0.3 is 10.0 Å². The van der Waals surface area contributed by atoms with Gasteiger partial charge in [0.2, 0.25) is 0 Å². The molecule has 0 unspecified atom stereocenters. The van der Waals surface area contributed by atoms with E-state index in [0.29, 0.717) is 5.92 Å². The maximum Gasteiger partial charge on any atom is 0.273 e. The number of aliphatic hydroxyl groups is 1. The number of pyridine rings is 1. The van der Waals surface area contributed by atoms with Gasteiger partial charge in [0.15, 0.2) is 0 Å². The number of likely N-dealkylation sites (tertiary alicyclic amines) is 1. The van der Waals surface area contributed by atoms with Gasteiger partial charge in [-0.3, -0.25) is 9.78 Å². The topological polar surface area (TPSA) is 77.2 Å². The fraction of sp³-hybridized carbons (Fsp3) is 0.318. The number of hydrogen-bond acceptors (Lipinski definition) is 4. The van der Waals surface area contributed by atoms with Crippen LogP contribution in [-0.2, 0) is 0 Å². The monoisotopic (exact) mass is 359 g/mol. The van der Waals surface area contributed by atoms with Gasteiger partial charge in [-0.25, -0.2) is 0 Å². The van der Waals surface area contributed by atoms with Crippen LogP contribution in [0.1, 0.15) is 41.4 Å². The molecule has 0 bridgehead atoms. The van der Waals surface area contributed by atoms with Crippen LogP contribution in [0.15, 0.2) is 48.7 Å². The van der Waals surface area contributed by atoms with E-state index in [9.17, 15) is 15.2 Å². The number of aromatic nitrogens is 1. The number of rotatable bonds is 3. The molecule has 1 aliphatic rings. The second-order valence-corrected chi connectivity index (χ2v) is 6.82. The highest BCUT2D eigenvalue weighted by molar-refractivity contribution is 5.94. The van der Waals surface area contributed by atoms with Gasteiger partial charge in [0.1, 0.15) is 11.7 Å². The zero-order valence-corrected chi connectivity index (χ0v) is 15.3. The van der Waals surface area contributed by atoms with Gasteiger partial charge in [0.05, 0.1) is 18.7 Å². The lowest BCUT2D eigenvalue weighted by molar-refractivity contribution is -0.00629. The van der Waals surface area contributed by atoms with E-state index in [1.807, 2.05) is 38.1 Å². The number of benzene rings is 1. The minimum Gasteiger partial charge on any atom is -0.394 e. The minimum atomic E-state index is -0.635. The molecule has 2 heterocycles. The number of amides is 1. The molecule has 136 valence electrons. The Balaban J connectivity index is 1.84. The standard InChI is InChI=1S/C22H21N3O2/c1-15(2)6-7-16-8-10-17(11-9-16)21-19(13-23)25(20(21)14-26)22(27)18-5-3-4-12-24-18/h3-5,8-12,15,19-21,26H,14H2,1-2H3/t19-,20-,21+/m1/s1. The van der Waals surface area contributed by atoms with Crippen LogP contribution < -0.4 is 0 Å². The van der Waals surface area contributed by atoms with E-state index in [0.717, 1.165) is 11.1 Å². The fourth-order valence-corrected chi connectivity index (χ4v) is 3.32. The second-order valence-electron chi connectivity index (χ2n) is 6.82. The molecule has 5 heteroatoms. The number of nitrogens with zero attached hydrogens (tertiary/aromatic N) is 3. The Morgan fingerprint density at radius 1 is 1.26 bits per heavy atom. The molecule has 1 fully saturated rings. The lowest BCUT2D eigenvalue weighted by Crippen LogP contribution is -2.65. The molecule has 1 aromatic carbocycles. The summed E-state index contributed by atoms with van der Waals surface area (Å²) in [5.74, 6) is 5.95. The zero-order chi connectivity index (χ0) is 19.4. The van der Waals surface area contributed by atoms with Gasteiger partial charge in [-0.1, -0.05) is 43.9 Å². The van der Waals surface area contributed by atoms with E-state index >= 15 is 0 Å². The van der Waals surface area contributed by atoms with E-state index in [2.05, 4.69) is 22.9 Å². The normalized spacial score (nSPS) is 21.0. The SMILES string of the molecule is CC(C)C#Cc1ccc([C@H]2[C@@H](C#N)N(C(=O)c3ccccn3)[C@@H]2CO)cc1. The summed E-state index contributed by atoms with van der Waals surface area (Å²) >= 11 is 0. The summed E-state index contributed by atoms with van der Waals surface area (Å²) in [6.45, 7) is 3.86. The van der Waals surface area contributed by atoms with Crippen LogP contribution >= 0.6 is 0 Å². The first-order chi connectivity index (χ1) is 13.1. The molecule has 3 atom stereocenters. The van der Waals surface area contributed by atoms with Gasteiger partial charge in [-0.15, -0.1) is 0 Å². The average Bonchev–Trinajstić information content (AvgIpc) is 2.67. The van der Waals surface area contributed by atoms with Crippen molar-refractivity contribution in [2.75, 3.05) is 6.61 Å². The highest BCUT2D eigenvalue weighted by atomic mass is 16.3. The van der Waals surface area contributed by atoms with Crippen molar-refractivity contribution < 1.29 is 9.90 Å². The first-order valence-corrected chi connectivity index (χ1v) is 8.92. The van der Waals surface area contributed by atoms with E-state index in [-0.39, 0.29) is 24.1 Å². The van der Waals surface area contributed by atoms with Crippen LogP contribution in [0.25, 0.3) is 0 Å². The van der Waals surface area contributed by atoms with E-state index in [1.54, 1.807) is 18.2 Å². The molecule has 1 N–H and O–H groups in total. The number of carbonyl (C=O) groups excluding carboxylic acids is 1. The molecular formula is C22H21N3O2. The number of carbonyl (C=O) groups is 1. The van der Waals surface area contributed by atoms with Crippen molar-refractivity contribution in [3.05, 3.63) is 65.5 Å². The minimum absolute atomic E-state index is 0.212. The molecule has 1 saturated heterocycles. The van der Waals surface area contributed by atoms with Crippen LogP contribution in [0.4, 0.5) is 0 Å². The van der Waals surface area contributed by atoms with Crippen LogP contribution in [0.5, 0.6) is 0 Å². The summed E-state index contributed by atoms with van der Waals surface area (Å²) in [6.07, 6.45) is 1.54. The molecule has 1 amide bonds. The third kappa shape index (κ3) is 3.69. The summed E-state index contributed by atoms with van der Waals surface area (Å²) in [5.41, 5.74) is 2.09. The molecule has 3 rings (SSSR count). The maximum atomic E-state index is 12.7. The third-order valence-corrected chi connectivity index (χ3v) is 4.65. The highest BCUT2D eigenvalue weighted by Gasteiger charge is 2.52. The van der Waals surface area contributed by atoms with E-state index in [4.69, 9.17) is 0 Å². The fourth-order valence-electron chi connectivity index (χ4n) is 3.32. The predicted octanol–water partition coefficient (Wildman–Crippen LogP) is 2.58. The summed E-state index contributed by atoms with van der Waals surface area (Å²) < 4.78 is 0. The molecule has 1 aliphatic heterocycles. The second kappa shape index (κ2) is 8.03. The molecule has 27 heavy (non-hydrogen) atoms. The Labute approximate surface area is 159 Å². The van der Waals surface area contributed by atoms with Crippen molar-refractivity contribution in [3.8, 4) is 17.9 Å². The highest BCUT2D eigenvalue weighted by Crippen LogP contribution is 2.41. The smallest absolute Gasteiger partial charge is 0.273 e. The van der Waals surface area contributed by atoms with Crippen molar-refractivity contribution in [2.45, 2.75) is 31.8 Å². The number of aliphatic hydroxyl groups excluding tert-OH is 1. The van der Waals surface area contributed by atoms with Crippen molar-refractivity contribution >= 4 is 5.91 Å². The lowest BCUT2D eigenvalue weighted by atomic mass is 9.75. The predicted molar refractivity (Wildman–Crippen MR) is 102 cm³/mol. The van der Waals surface area contributed by atoms with Gasteiger partial charge in [0.25, 0.3) is 5.91 Å². The zero-order valence-electron chi connectivity index (χ0n) is 15.3. The Kier molecular flexibility index (Phi) is 5.54. The summed E-state index contributed by atoms with van der Waals surface area (Å²) in [6, 6.07) is 13.9. The molecule has 2 aromatic rings. The van der Waals surface area contributed by atoms with Crippen LogP contribution in [0.3, 0.4) is 0 Å². The molecule has 5 nitrogen and oxygen atoms in total. The quantitative estimate of drug-likeness (QED) is 0.855. The third-order valence-electron chi connectivity index (χ3n) is 4.65. The van der Waals surface area contributed by atoms with Gasteiger partial charge in [-0.2, -0.15) is 5.26 Å². The molecule has 1 aromatic heterocycles. The Morgan fingerprint density at radius 3 is 2.56 bits per heavy atom. The van der Waals surface area contributed by atoms with E-state index in [1.165, 1.54) is 11.1 Å². The van der Waals surface area contributed by atoms with Crippen molar-refractivity contribution in [2.24, 2.45) is 5.92 Å². The first kappa shape index (κ1) is 18.6. The van der Waals surface area contributed by atoms with Crippen molar-refractivity contribution in [1.82, 2.24) is 9.88 Å². The van der Waals surface area contributed by atoms with Crippen LogP contribution in [0, 0.1) is 29.1 Å². The number of nitriles is 1. The summed E-state index contributed by atoms with van der Waals surface area (Å²) in [5, 5.41) is 19.5. The maximum absolute atomic E-state index is 12.7. The Bertz CT molecular complexity index is 905. The van der Waals surface area contributed by atoms with E-state index < -0.39 is 12.1 Å². The number of hydrogen-bond donors (Lipinski definition) is 1. The van der Waals surface area contributed by atoms with Gasteiger partial charge >= 0.3 is 0 Å². The van der Waals surface area contributed by atoms with Crippen LogP contribution in [-0.4, -0.2) is 39.6 Å². The average molecular weight is 359 g/mol. The molecule has 0 saturated carbocycles. The molecular weight excluding hydrogens is 338 g/mol. The molecule has 0 radical (unpaired) electrons. The van der Waals surface area contributed by atoms with Gasteiger partial charge in [-0.05, 0) is 29.8 Å². The van der Waals surface area contributed by atoms with Crippen molar-refractivity contribution in [3.63, 3.8) is 0 Å². The summed E-state index contributed by atoms with van der Waals surface area (Å²) in [4.78, 5) is 18.2. The lowest BCUT2D eigenvalue weighted by Gasteiger charge is -2.51. The molecule has 0 aliphatic carbocycles. The Hall–Kier alpha value is -3.15. The van der Waals surface area contributed by atoms with Gasteiger partial charge in [0, 0.05) is 23.6 Å². The Morgan fingerprint density at radius 2 is 2.00 bits per heavy atom. The van der Waals surface area contributed by atoms with Crippen molar-refractivity contribution in [1.29, 1.82) is 5.26 Å². The largest absolute Gasteiger partial charge is 0.394 e.